The van der Waals surface area contributed by atoms with E-state index in [4.69, 9.17) is 0 Å². The van der Waals surface area contributed by atoms with Crippen molar-refractivity contribution >= 4 is 5.91 Å². The lowest BCUT2D eigenvalue weighted by molar-refractivity contribution is 0.0717. The molecule has 0 unspecified atom stereocenters. The zero-order valence-corrected chi connectivity index (χ0v) is 11.1. The number of benzene rings is 1. The summed E-state index contributed by atoms with van der Waals surface area (Å²) in [5.74, 6) is -0.0709. The molecule has 0 radical (unpaired) electrons. The monoisotopic (exact) mass is 247 g/mol. The molecule has 0 bridgehead atoms. The lowest BCUT2D eigenvalue weighted by Gasteiger charge is -2.28. The van der Waals surface area contributed by atoms with Gasteiger partial charge in [0.1, 0.15) is 0 Å². The number of carbonyl (C=O) groups is 1. The molecule has 0 saturated heterocycles. The zero-order chi connectivity index (χ0) is 13.1. The van der Waals surface area contributed by atoms with E-state index in [1.165, 1.54) is 0 Å². The first-order valence-electron chi connectivity index (χ1n) is 6.64. The number of hydrogen-bond donors (Lipinski definition) is 2. The maximum Gasteiger partial charge on any atom is 0.251 e. The Morgan fingerprint density at radius 1 is 1.28 bits per heavy atom. The van der Waals surface area contributed by atoms with E-state index in [0.29, 0.717) is 5.56 Å². The number of hydrogen-bond acceptors (Lipinski definition) is 2. The van der Waals surface area contributed by atoms with Crippen molar-refractivity contribution in [1.29, 1.82) is 0 Å². The topological polar surface area (TPSA) is 49.3 Å². The number of amides is 1. The summed E-state index contributed by atoms with van der Waals surface area (Å²) in [7, 11) is 0. The van der Waals surface area contributed by atoms with Gasteiger partial charge in [0.25, 0.3) is 5.91 Å². The van der Waals surface area contributed by atoms with Gasteiger partial charge >= 0.3 is 0 Å². The van der Waals surface area contributed by atoms with Crippen LogP contribution in [0.3, 0.4) is 0 Å². The van der Waals surface area contributed by atoms with Gasteiger partial charge in [0.05, 0.1) is 12.1 Å². The second-order valence-electron chi connectivity index (χ2n) is 5.25. The quantitative estimate of drug-likeness (QED) is 0.842. The van der Waals surface area contributed by atoms with Crippen molar-refractivity contribution in [3.8, 4) is 0 Å². The highest BCUT2D eigenvalue weighted by molar-refractivity contribution is 5.95. The fourth-order valence-electron chi connectivity index (χ4n) is 2.59. The highest BCUT2D eigenvalue weighted by atomic mass is 16.3. The van der Waals surface area contributed by atoms with Gasteiger partial charge in [0.2, 0.25) is 0 Å². The predicted octanol–water partition coefficient (Wildman–Crippen LogP) is 2.34. The normalized spacial score (nSPS) is 23.7. The van der Waals surface area contributed by atoms with E-state index < -0.39 is 6.10 Å². The molecule has 0 spiro atoms. The SMILES string of the molecule is Cc1ccc(C(=O)N[C@H]2CCCC[C@@H]2O)c(C)c1. The van der Waals surface area contributed by atoms with Crippen LogP contribution >= 0.6 is 0 Å². The van der Waals surface area contributed by atoms with E-state index in [1.807, 2.05) is 32.0 Å². The molecule has 0 aromatic heterocycles. The molecule has 1 saturated carbocycles. The Labute approximate surface area is 108 Å². The first-order valence-corrected chi connectivity index (χ1v) is 6.64. The molecule has 3 heteroatoms. The third-order valence-electron chi connectivity index (χ3n) is 3.67. The molecule has 0 heterocycles. The van der Waals surface area contributed by atoms with Crippen LogP contribution in [-0.4, -0.2) is 23.2 Å². The Hall–Kier alpha value is -1.35. The minimum absolute atomic E-state index is 0.0709. The highest BCUT2D eigenvalue weighted by Gasteiger charge is 2.25. The van der Waals surface area contributed by atoms with Gasteiger partial charge in [-0.25, -0.2) is 0 Å². The van der Waals surface area contributed by atoms with Gasteiger partial charge in [-0.15, -0.1) is 0 Å². The largest absolute Gasteiger partial charge is 0.391 e. The fourth-order valence-corrected chi connectivity index (χ4v) is 2.59. The van der Waals surface area contributed by atoms with Gasteiger partial charge in [0, 0.05) is 5.56 Å². The number of aryl methyl sites for hydroxylation is 2. The first-order chi connectivity index (χ1) is 8.58. The van der Waals surface area contributed by atoms with E-state index in [9.17, 15) is 9.90 Å². The van der Waals surface area contributed by atoms with Crippen LogP contribution < -0.4 is 5.32 Å². The van der Waals surface area contributed by atoms with Gasteiger partial charge < -0.3 is 10.4 Å². The third-order valence-corrected chi connectivity index (χ3v) is 3.67. The molecule has 0 aliphatic heterocycles. The third kappa shape index (κ3) is 2.91. The summed E-state index contributed by atoms with van der Waals surface area (Å²) in [6.45, 7) is 3.96. The van der Waals surface area contributed by atoms with E-state index >= 15 is 0 Å². The standard InChI is InChI=1S/C15H21NO2/c1-10-7-8-12(11(2)9-10)15(18)16-13-5-3-4-6-14(13)17/h7-9,13-14,17H,3-6H2,1-2H3,(H,16,18)/t13-,14-/m0/s1. The fraction of sp³-hybridized carbons (Fsp3) is 0.533. The Balaban J connectivity index is 2.07. The lowest BCUT2D eigenvalue weighted by Crippen LogP contribution is -2.45. The Bertz CT molecular complexity index is 442. The Kier molecular flexibility index (Phi) is 4.02. The van der Waals surface area contributed by atoms with Gasteiger partial charge in [-0.05, 0) is 38.3 Å². The van der Waals surface area contributed by atoms with Crippen LogP contribution in [0.1, 0.15) is 47.2 Å². The van der Waals surface area contributed by atoms with Crippen LogP contribution in [0, 0.1) is 13.8 Å². The molecule has 1 aromatic rings. The van der Waals surface area contributed by atoms with Crippen molar-refractivity contribution in [3.05, 3.63) is 34.9 Å². The molecule has 1 aliphatic carbocycles. The smallest absolute Gasteiger partial charge is 0.251 e. The zero-order valence-electron chi connectivity index (χ0n) is 11.1. The molecule has 2 atom stereocenters. The molecule has 3 nitrogen and oxygen atoms in total. The van der Waals surface area contributed by atoms with Crippen molar-refractivity contribution in [2.45, 2.75) is 51.7 Å². The van der Waals surface area contributed by atoms with Gasteiger partial charge in [-0.3, -0.25) is 4.79 Å². The van der Waals surface area contributed by atoms with Gasteiger partial charge in [0.15, 0.2) is 0 Å². The van der Waals surface area contributed by atoms with Crippen LogP contribution in [-0.2, 0) is 0 Å². The van der Waals surface area contributed by atoms with E-state index in [0.717, 1.165) is 36.8 Å². The van der Waals surface area contributed by atoms with Crippen molar-refractivity contribution < 1.29 is 9.90 Å². The predicted molar refractivity (Wildman–Crippen MR) is 71.6 cm³/mol. The molecule has 2 rings (SSSR count). The summed E-state index contributed by atoms with van der Waals surface area (Å²) in [5.41, 5.74) is 2.85. The molecular formula is C15H21NO2. The van der Waals surface area contributed by atoms with Crippen molar-refractivity contribution in [3.63, 3.8) is 0 Å². The molecule has 18 heavy (non-hydrogen) atoms. The Morgan fingerprint density at radius 3 is 2.67 bits per heavy atom. The minimum atomic E-state index is -0.395. The molecule has 1 amide bonds. The molecule has 2 N–H and O–H groups in total. The van der Waals surface area contributed by atoms with Crippen LogP contribution in [0.2, 0.25) is 0 Å². The average molecular weight is 247 g/mol. The number of aliphatic hydroxyl groups excluding tert-OH is 1. The maximum absolute atomic E-state index is 12.2. The van der Waals surface area contributed by atoms with Crippen LogP contribution in [0.15, 0.2) is 18.2 Å². The summed E-state index contributed by atoms with van der Waals surface area (Å²) in [6, 6.07) is 5.72. The van der Waals surface area contributed by atoms with Gasteiger partial charge in [-0.2, -0.15) is 0 Å². The van der Waals surface area contributed by atoms with E-state index in [-0.39, 0.29) is 11.9 Å². The molecule has 1 aromatic carbocycles. The van der Waals surface area contributed by atoms with Crippen LogP contribution in [0.5, 0.6) is 0 Å². The van der Waals surface area contributed by atoms with Crippen LogP contribution in [0.25, 0.3) is 0 Å². The number of carbonyl (C=O) groups excluding carboxylic acids is 1. The maximum atomic E-state index is 12.2. The summed E-state index contributed by atoms with van der Waals surface area (Å²) < 4.78 is 0. The Morgan fingerprint density at radius 2 is 2.00 bits per heavy atom. The number of rotatable bonds is 2. The number of nitrogens with one attached hydrogen (secondary N) is 1. The number of aliphatic hydroxyl groups is 1. The second-order valence-corrected chi connectivity index (χ2v) is 5.25. The minimum Gasteiger partial charge on any atom is -0.391 e. The lowest BCUT2D eigenvalue weighted by atomic mass is 9.92. The molecular weight excluding hydrogens is 226 g/mol. The van der Waals surface area contributed by atoms with Gasteiger partial charge in [-0.1, -0.05) is 30.5 Å². The molecule has 1 aliphatic rings. The van der Waals surface area contributed by atoms with Crippen molar-refractivity contribution in [2.75, 3.05) is 0 Å². The first kappa shape index (κ1) is 13.1. The second kappa shape index (κ2) is 5.53. The van der Waals surface area contributed by atoms with E-state index in [2.05, 4.69) is 5.32 Å². The van der Waals surface area contributed by atoms with E-state index in [1.54, 1.807) is 0 Å². The summed E-state index contributed by atoms with van der Waals surface area (Å²) in [6.07, 6.45) is 3.40. The summed E-state index contributed by atoms with van der Waals surface area (Å²) >= 11 is 0. The average Bonchev–Trinajstić information content (AvgIpc) is 2.32. The molecule has 1 fully saturated rings. The van der Waals surface area contributed by atoms with Crippen molar-refractivity contribution in [1.82, 2.24) is 5.32 Å². The summed E-state index contributed by atoms with van der Waals surface area (Å²) in [4.78, 5) is 12.2. The summed E-state index contributed by atoms with van der Waals surface area (Å²) in [5, 5.41) is 12.8. The molecule has 98 valence electrons. The van der Waals surface area contributed by atoms with Crippen LogP contribution in [0.4, 0.5) is 0 Å². The highest BCUT2D eigenvalue weighted by Crippen LogP contribution is 2.19. The van der Waals surface area contributed by atoms with Crippen molar-refractivity contribution in [2.24, 2.45) is 0 Å².